The number of rotatable bonds is 6. The normalized spacial score (nSPS) is 15.0. The van der Waals surface area contributed by atoms with Gasteiger partial charge in [-0.3, -0.25) is 4.79 Å². The highest BCUT2D eigenvalue weighted by atomic mass is 35.5. The lowest BCUT2D eigenvalue weighted by Gasteiger charge is -2.17. The molecule has 1 fully saturated rings. The maximum Gasteiger partial charge on any atom is 0.224 e. The lowest BCUT2D eigenvalue weighted by atomic mass is 9.95. The predicted molar refractivity (Wildman–Crippen MR) is 92.1 cm³/mol. The fourth-order valence-electron chi connectivity index (χ4n) is 2.78. The summed E-state index contributed by atoms with van der Waals surface area (Å²) in [5.41, 5.74) is 2.34. The molecular weight excluding hydrogens is 310 g/mol. The molecule has 1 saturated carbocycles. The number of methoxy groups -OCH3 is 1. The van der Waals surface area contributed by atoms with Crippen molar-refractivity contribution in [2.75, 3.05) is 13.7 Å². The van der Waals surface area contributed by atoms with Gasteiger partial charge in [-0.1, -0.05) is 35.9 Å². The van der Waals surface area contributed by atoms with E-state index in [4.69, 9.17) is 16.3 Å². The van der Waals surface area contributed by atoms with Crippen molar-refractivity contribution in [2.45, 2.75) is 24.7 Å². The standard InChI is InChI=1S/C19H20ClNO2/c1-23-17-8-4-15(5-9-17)19(10-11-19)13-21-18(22)12-14-2-6-16(20)7-3-14/h2-9H,10-13H2,1H3,(H,21,22). The molecule has 1 aliphatic rings. The molecule has 0 heterocycles. The number of carbonyl (C=O) groups excluding carboxylic acids is 1. The third-order valence-corrected chi connectivity index (χ3v) is 4.71. The number of hydrogen-bond donors (Lipinski definition) is 1. The highest BCUT2D eigenvalue weighted by Gasteiger charge is 2.44. The SMILES string of the molecule is COc1ccc(C2(CNC(=O)Cc3ccc(Cl)cc3)CC2)cc1. The lowest BCUT2D eigenvalue weighted by molar-refractivity contribution is -0.120. The maximum absolute atomic E-state index is 12.1. The second-order valence-electron chi connectivity index (χ2n) is 6.09. The first-order valence-electron chi connectivity index (χ1n) is 7.77. The van der Waals surface area contributed by atoms with Crippen LogP contribution in [0.25, 0.3) is 0 Å². The Hall–Kier alpha value is -2.00. The van der Waals surface area contributed by atoms with Crippen molar-refractivity contribution >= 4 is 17.5 Å². The van der Waals surface area contributed by atoms with Gasteiger partial charge in [0.2, 0.25) is 5.91 Å². The van der Waals surface area contributed by atoms with Gasteiger partial charge >= 0.3 is 0 Å². The van der Waals surface area contributed by atoms with Gasteiger partial charge in [-0.15, -0.1) is 0 Å². The van der Waals surface area contributed by atoms with Crippen LogP contribution in [0.1, 0.15) is 24.0 Å². The Labute approximate surface area is 141 Å². The first-order valence-corrected chi connectivity index (χ1v) is 8.15. The molecule has 0 saturated heterocycles. The summed E-state index contributed by atoms with van der Waals surface area (Å²) in [7, 11) is 1.67. The Kier molecular flexibility index (Phi) is 4.58. The molecule has 0 aliphatic heterocycles. The quantitative estimate of drug-likeness (QED) is 0.876. The van der Waals surface area contributed by atoms with Gasteiger partial charge in [0, 0.05) is 17.0 Å². The highest BCUT2D eigenvalue weighted by Crippen LogP contribution is 2.47. The maximum atomic E-state index is 12.1. The van der Waals surface area contributed by atoms with E-state index in [1.807, 2.05) is 36.4 Å². The van der Waals surface area contributed by atoms with E-state index in [-0.39, 0.29) is 11.3 Å². The Balaban J connectivity index is 1.56. The number of hydrogen-bond acceptors (Lipinski definition) is 2. The largest absolute Gasteiger partial charge is 0.497 e. The molecule has 1 N–H and O–H groups in total. The van der Waals surface area contributed by atoms with E-state index in [2.05, 4.69) is 17.4 Å². The summed E-state index contributed by atoms with van der Waals surface area (Å²) < 4.78 is 5.20. The molecule has 3 rings (SSSR count). The van der Waals surface area contributed by atoms with E-state index in [0.717, 1.165) is 24.2 Å². The molecule has 0 atom stereocenters. The van der Waals surface area contributed by atoms with Gasteiger partial charge in [-0.2, -0.15) is 0 Å². The molecule has 2 aromatic rings. The topological polar surface area (TPSA) is 38.3 Å². The van der Waals surface area contributed by atoms with Crippen molar-refractivity contribution < 1.29 is 9.53 Å². The number of carbonyl (C=O) groups is 1. The number of amides is 1. The van der Waals surface area contributed by atoms with Crippen molar-refractivity contribution in [3.8, 4) is 5.75 Å². The van der Waals surface area contributed by atoms with Crippen LogP contribution < -0.4 is 10.1 Å². The molecule has 4 heteroatoms. The second-order valence-corrected chi connectivity index (χ2v) is 6.53. The van der Waals surface area contributed by atoms with Crippen LogP contribution in [0.5, 0.6) is 5.75 Å². The van der Waals surface area contributed by atoms with Gasteiger partial charge < -0.3 is 10.1 Å². The first kappa shape index (κ1) is 15.9. The lowest BCUT2D eigenvalue weighted by Crippen LogP contribution is -2.33. The first-order chi connectivity index (χ1) is 11.1. The van der Waals surface area contributed by atoms with E-state index in [1.54, 1.807) is 7.11 Å². The molecular formula is C19H20ClNO2. The van der Waals surface area contributed by atoms with Gasteiger partial charge in [-0.05, 0) is 48.2 Å². The zero-order valence-corrected chi connectivity index (χ0v) is 13.9. The Morgan fingerprint density at radius 1 is 1.13 bits per heavy atom. The number of nitrogens with one attached hydrogen (secondary N) is 1. The zero-order chi connectivity index (χ0) is 16.3. The zero-order valence-electron chi connectivity index (χ0n) is 13.1. The number of benzene rings is 2. The van der Waals surface area contributed by atoms with Crippen LogP contribution in [0.4, 0.5) is 0 Å². The van der Waals surface area contributed by atoms with E-state index < -0.39 is 0 Å². The summed E-state index contributed by atoms with van der Waals surface area (Å²) >= 11 is 5.86. The van der Waals surface area contributed by atoms with Crippen LogP contribution in [0.2, 0.25) is 5.02 Å². The second kappa shape index (κ2) is 6.63. The van der Waals surface area contributed by atoms with Gasteiger partial charge in [0.15, 0.2) is 0 Å². The van der Waals surface area contributed by atoms with Crippen molar-refractivity contribution in [1.82, 2.24) is 5.32 Å². The fourth-order valence-corrected chi connectivity index (χ4v) is 2.91. The smallest absolute Gasteiger partial charge is 0.224 e. The van der Waals surface area contributed by atoms with E-state index >= 15 is 0 Å². The minimum Gasteiger partial charge on any atom is -0.497 e. The molecule has 0 unspecified atom stereocenters. The van der Waals surface area contributed by atoms with Crippen LogP contribution in [-0.4, -0.2) is 19.6 Å². The monoisotopic (exact) mass is 329 g/mol. The minimum atomic E-state index is 0.0482. The summed E-state index contributed by atoms with van der Waals surface area (Å²) in [6, 6.07) is 15.5. The van der Waals surface area contributed by atoms with Gasteiger partial charge in [0.1, 0.15) is 5.75 Å². The predicted octanol–water partition coefficient (Wildman–Crippen LogP) is 3.74. The van der Waals surface area contributed by atoms with Crippen LogP contribution in [0.3, 0.4) is 0 Å². The van der Waals surface area contributed by atoms with E-state index in [1.165, 1.54) is 5.56 Å². The van der Waals surface area contributed by atoms with Gasteiger partial charge in [0.25, 0.3) is 0 Å². The molecule has 3 nitrogen and oxygen atoms in total. The molecule has 2 aromatic carbocycles. The van der Waals surface area contributed by atoms with Crippen LogP contribution in [-0.2, 0) is 16.6 Å². The van der Waals surface area contributed by atoms with Crippen molar-refractivity contribution in [3.63, 3.8) is 0 Å². The molecule has 0 radical (unpaired) electrons. The average Bonchev–Trinajstić information content (AvgIpc) is 3.36. The van der Waals surface area contributed by atoms with Crippen LogP contribution >= 0.6 is 11.6 Å². The minimum absolute atomic E-state index is 0.0482. The Morgan fingerprint density at radius 2 is 1.78 bits per heavy atom. The van der Waals surface area contributed by atoms with Gasteiger partial charge in [0.05, 0.1) is 13.5 Å². The summed E-state index contributed by atoms with van der Waals surface area (Å²) in [6.07, 6.45) is 2.61. The van der Waals surface area contributed by atoms with Crippen molar-refractivity contribution in [1.29, 1.82) is 0 Å². The molecule has 1 aliphatic carbocycles. The summed E-state index contributed by atoms with van der Waals surface area (Å²) in [4.78, 5) is 12.1. The summed E-state index contributed by atoms with van der Waals surface area (Å²) in [6.45, 7) is 0.686. The van der Waals surface area contributed by atoms with E-state index in [9.17, 15) is 4.79 Å². The number of ether oxygens (including phenoxy) is 1. The molecule has 0 spiro atoms. The Bertz CT molecular complexity index is 676. The number of halogens is 1. The molecule has 0 bridgehead atoms. The molecule has 0 aromatic heterocycles. The third kappa shape index (κ3) is 3.85. The van der Waals surface area contributed by atoms with E-state index in [0.29, 0.717) is 18.0 Å². The molecule has 23 heavy (non-hydrogen) atoms. The van der Waals surface area contributed by atoms with Crippen molar-refractivity contribution in [2.24, 2.45) is 0 Å². The van der Waals surface area contributed by atoms with Crippen LogP contribution in [0, 0.1) is 0 Å². The van der Waals surface area contributed by atoms with Gasteiger partial charge in [-0.25, -0.2) is 0 Å². The third-order valence-electron chi connectivity index (χ3n) is 4.46. The van der Waals surface area contributed by atoms with Crippen molar-refractivity contribution in [3.05, 3.63) is 64.7 Å². The summed E-state index contributed by atoms with van der Waals surface area (Å²) in [5, 5.41) is 3.76. The molecule has 1 amide bonds. The highest BCUT2D eigenvalue weighted by molar-refractivity contribution is 6.30. The fraction of sp³-hybridized carbons (Fsp3) is 0.316. The average molecular weight is 330 g/mol. The van der Waals surface area contributed by atoms with Crippen LogP contribution in [0.15, 0.2) is 48.5 Å². The molecule has 120 valence electrons. The Morgan fingerprint density at radius 3 is 2.35 bits per heavy atom. The summed E-state index contributed by atoms with van der Waals surface area (Å²) in [5.74, 6) is 0.906.